The largest absolute Gasteiger partial charge is 0.411 e. The molecule has 1 radical (unpaired) electrons. The predicted molar refractivity (Wildman–Crippen MR) is 69.3 cm³/mol. The summed E-state index contributed by atoms with van der Waals surface area (Å²) >= 11 is 0. The Labute approximate surface area is 99.6 Å². The summed E-state index contributed by atoms with van der Waals surface area (Å²) in [7, 11) is 0.788. The van der Waals surface area contributed by atoms with E-state index in [1.165, 1.54) is 5.19 Å². The van der Waals surface area contributed by atoms with Crippen LogP contribution in [0.4, 0.5) is 0 Å². The average Bonchev–Trinajstić information content (AvgIpc) is 2.34. The lowest BCUT2D eigenvalue weighted by Crippen LogP contribution is -2.33. The van der Waals surface area contributed by atoms with Crippen molar-refractivity contribution >= 4 is 14.2 Å². The molecule has 87 valence electrons. The second kappa shape index (κ2) is 8.27. The van der Waals surface area contributed by atoms with Gasteiger partial charge in [0.05, 0.1) is 0 Å². The molecule has 1 aromatic rings. The third-order valence-corrected chi connectivity index (χ3v) is 4.38. The Morgan fingerprint density at radius 1 is 1.25 bits per heavy atom. The van der Waals surface area contributed by atoms with Gasteiger partial charge in [0.1, 0.15) is 0 Å². The van der Waals surface area contributed by atoms with E-state index in [2.05, 4.69) is 30.8 Å². The van der Waals surface area contributed by atoms with Gasteiger partial charge >= 0.3 is 0 Å². The molecule has 0 aliphatic heterocycles. The van der Waals surface area contributed by atoms with E-state index in [0.29, 0.717) is 0 Å². The van der Waals surface area contributed by atoms with E-state index in [1.807, 2.05) is 12.1 Å². The highest BCUT2D eigenvalue weighted by molar-refractivity contribution is 6.67. The number of ether oxygens (including phenoxy) is 1. The van der Waals surface area contributed by atoms with Crippen LogP contribution in [-0.2, 0) is 9.16 Å². The maximum Gasteiger partial charge on any atom is 0.250 e. The van der Waals surface area contributed by atoms with Crippen molar-refractivity contribution < 1.29 is 9.16 Å². The van der Waals surface area contributed by atoms with Crippen LogP contribution < -0.4 is 5.19 Å². The van der Waals surface area contributed by atoms with Gasteiger partial charge in [-0.3, -0.25) is 0 Å². The topological polar surface area (TPSA) is 18.5 Å². The standard InChI is InChI=1S/C13H19O2Si/c1-3-12-16(15-11-7-10-14-2)13-8-5-4-6-9-13/h3-6,8-9H,1,7,10-12H2,2H3. The first kappa shape index (κ1) is 13.2. The van der Waals surface area contributed by atoms with Crippen LogP contribution in [0.1, 0.15) is 6.42 Å². The van der Waals surface area contributed by atoms with Crippen molar-refractivity contribution in [2.45, 2.75) is 12.5 Å². The Kier molecular flexibility index (Phi) is 6.81. The smallest absolute Gasteiger partial charge is 0.250 e. The second-order valence-electron chi connectivity index (χ2n) is 3.48. The van der Waals surface area contributed by atoms with Crippen LogP contribution in [-0.4, -0.2) is 29.4 Å². The molecule has 2 nitrogen and oxygen atoms in total. The van der Waals surface area contributed by atoms with E-state index in [0.717, 1.165) is 25.7 Å². The predicted octanol–water partition coefficient (Wildman–Crippen LogP) is 2.12. The van der Waals surface area contributed by atoms with Crippen LogP contribution in [0.15, 0.2) is 43.0 Å². The van der Waals surface area contributed by atoms with E-state index in [-0.39, 0.29) is 0 Å². The van der Waals surface area contributed by atoms with Crippen LogP contribution in [0.25, 0.3) is 0 Å². The molecular formula is C13H19O2Si. The van der Waals surface area contributed by atoms with E-state index in [1.54, 1.807) is 7.11 Å². The van der Waals surface area contributed by atoms with Gasteiger partial charge in [0.2, 0.25) is 0 Å². The number of allylic oxidation sites excluding steroid dienone is 1. The molecule has 0 spiro atoms. The summed E-state index contributed by atoms with van der Waals surface area (Å²) in [5.74, 6) is 0. The molecular weight excluding hydrogens is 216 g/mol. The molecule has 0 unspecified atom stereocenters. The molecule has 0 N–H and O–H groups in total. The Hall–Kier alpha value is -0.903. The van der Waals surface area contributed by atoms with Gasteiger partial charge < -0.3 is 9.16 Å². The van der Waals surface area contributed by atoms with Crippen molar-refractivity contribution in [2.75, 3.05) is 20.3 Å². The lowest BCUT2D eigenvalue weighted by Gasteiger charge is -2.13. The zero-order valence-corrected chi connectivity index (χ0v) is 10.8. The first-order valence-corrected chi connectivity index (χ1v) is 7.14. The summed E-state index contributed by atoms with van der Waals surface area (Å²) in [6, 6.07) is 11.4. The number of methoxy groups -OCH3 is 1. The van der Waals surface area contributed by atoms with Gasteiger partial charge in [0, 0.05) is 20.3 Å². The highest BCUT2D eigenvalue weighted by atomic mass is 28.3. The van der Waals surface area contributed by atoms with Crippen molar-refractivity contribution in [2.24, 2.45) is 0 Å². The number of rotatable bonds is 8. The van der Waals surface area contributed by atoms with Gasteiger partial charge in [-0.25, -0.2) is 0 Å². The minimum atomic E-state index is -0.927. The Morgan fingerprint density at radius 3 is 2.62 bits per heavy atom. The summed E-state index contributed by atoms with van der Waals surface area (Å²) in [5, 5.41) is 1.31. The molecule has 0 amide bonds. The van der Waals surface area contributed by atoms with Crippen LogP contribution in [0, 0.1) is 0 Å². The van der Waals surface area contributed by atoms with Crippen molar-refractivity contribution in [3.8, 4) is 0 Å². The average molecular weight is 235 g/mol. The van der Waals surface area contributed by atoms with E-state index >= 15 is 0 Å². The van der Waals surface area contributed by atoms with Gasteiger partial charge in [0.15, 0.2) is 0 Å². The summed E-state index contributed by atoms with van der Waals surface area (Å²) in [5.41, 5.74) is 0. The summed E-state index contributed by atoms with van der Waals surface area (Å²) in [4.78, 5) is 0. The SMILES string of the molecule is C=CC[Si](OCCCOC)c1ccccc1. The highest BCUT2D eigenvalue weighted by Crippen LogP contribution is 1.99. The fourth-order valence-electron chi connectivity index (χ4n) is 1.41. The normalized spacial score (nSPS) is 10.6. The first-order chi connectivity index (χ1) is 7.88. The zero-order valence-electron chi connectivity index (χ0n) is 9.82. The molecule has 0 saturated carbocycles. The molecule has 0 aliphatic carbocycles. The van der Waals surface area contributed by atoms with Crippen molar-refractivity contribution in [1.29, 1.82) is 0 Å². The lowest BCUT2D eigenvalue weighted by molar-refractivity contribution is 0.173. The van der Waals surface area contributed by atoms with Crippen molar-refractivity contribution in [1.82, 2.24) is 0 Å². The minimum absolute atomic E-state index is 0.762. The van der Waals surface area contributed by atoms with Gasteiger partial charge in [-0.05, 0) is 17.7 Å². The molecule has 0 saturated heterocycles. The second-order valence-corrected chi connectivity index (χ2v) is 5.60. The summed E-state index contributed by atoms with van der Waals surface area (Å²) < 4.78 is 10.9. The Bertz CT molecular complexity index is 287. The molecule has 0 heterocycles. The zero-order chi connectivity index (χ0) is 11.6. The van der Waals surface area contributed by atoms with E-state index in [4.69, 9.17) is 9.16 Å². The fourth-order valence-corrected chi connectivity index (χ4v) is 3.15. The molecule has 0 aliphatic rings. The van der Waals surface area contributed by atoms with Crippen LogP contribution >= 0.6 is 0 Å². The van der Waals surface area contributed by atoms with E-state index in [9.17, 15) is 0 Å². The Balaban J connectivity index is 2.44. The summed E-state index contributed by atoms with van der Waals surface area (Å²) in [6.45, 7) is 5.32. The van der Waals surface area contributed by atoms with Crippen molar-refractivity contribution in [3.63, 3.8) is 0 Å². The third kappa shape index (κ3) is 4.75. The molecule has 0 aromatic heterocycles. The maximum atomic E-state index is 5.92. The number of hydrogen-bond acceptors (Lipinski definition) is 2. The number of hydrogen-bond donors (Lipinski definition) is 0. The van der Waals surface area contributed by atoms with Crippen LogP contribution in [0.3, 0.4) is 0 Å². The van der Waals surface area contributed by atoms with Crippen LogP contribution in [0.2, 0.25) is 6.04 Å². The van der Waals surface area contributed by atoms with Crippen molar-refractivity contribution in [3.05, 3.63) is 43.0 Å². The van der Waals surface area contributed by atoms with Gasteiger partial charge in [-0.2, -0.15) is 0 Å². The molecule has 16 heavy (non-hydrogen) atoms. The minimum Gasteiger partial charge on any atom is -0.411 e. The monoisotopic (exact) mass is 235 g/mol. The molecule has 1 rings (SSSR count). The lowest BCUT2D eigenvalue weighted by atomic mass is 10.4. The maximum absolute atomic E-state index is 5.92. The molecule has 3 heteroatoms. The summed E-state index contributed by atoms with van der Waals surface area (Å²) in [6.07, 6.45) is 2.90. The van der Waals surface area contributed by atoms with Gasteiger partial charge in [-0.15, -0.1) is 6.58 Å². The Morgan fingerprint density at radius 2 is 2.00 bits per heavy atom. The highest BCUT2D eigenvalue weighted by Gasteiger charge is 2.13. The number of benzene rings is 1. The van der Waals surface area contributed by atoms with Gasteiger partial charge in [-0.1, -0.05) is 36.4 Å². The quantitative estimate of drug-likeness (QED) is 0.390. The fraction of sp³-hybridized carbons (Fsp3) is 0.385. The van der Waals surface area contributed by atoms with Crippen LogP contribution in [0.5, 0.6) is 0 Å². The van der Waals surface area contributed by atoms with Gasteiger partial charge in [0.25, 0.3) is 9.04 Å². The molecule has 0 fully saturated rings. The molecule has 1 aromatic carbocycles. The third-order valence-electron chi connectivity index (χ3n) is 2.19. The molecule has 0 bridgehead atoms. The molecule has 0 atom stereocenters. The van der Waals surface area contributed by atoms with E-state index < -0.39 is 9.04 Å². The first-order valence-electron chi connectivity index (χ1n) is 5.52.